The van der Waals surface area contributed by atoms with Gasteiger partial charge < -0.3 is 10.4 Å². The monoisotopic (exact) mass is 313 g/mol. The molecule has 0 aromatic carbocycles. The molecule has 20 heavy (non-hydrogen) atoms. The van der Waals surface area contributed by atoms with Gasteiger partial charge >= 0.3 is 5.97 Å². The largest absolute Gasteiger partial charge is 0.480 e. The number of carboxylic acid groups (broad SMARTS) is 1. The number of aliphatic carboxylic acids is 1. The predicted octanol–water partition coefficient (Wildman–Crippen LogP) is 2.69. The summed E-state index contributed by atoms with van der Waals surface area (Å²) in [5.74, 6) is 0.000902. The van der Waals surface area contributed by atoms with Crippen LogP contribution in [0.15, 0.2) is 11.4 Å². The third-order valence-corrected chi connectivity index (χ3v) is 5.47. The van der Waals surface area contributed by atoms with Gasteiger partial charge in [0.1, 0.15) is 11.3 Å². The van der Waals surface area contributed by atoms with Crippen LogP contribution in [0.25, 0.3) is 0 Å². The van der Waals surface area contributed by atoms with Crippen molar-refractivity contribution >= 4 is 35.0 Å². The molecule has 0 fully saturated rings. The number of thiophene rings is 1. The second-order valence-corrected chi connectivity index (χ2v) is 7.54. The Morgan fingerprint density at radius 3 is 2.90 bits per heavy atom. The van der Waals surface area contributed by atoms with E-state index in [1.807, 2.05) is 25.3 Å². The second-order valence-electron chi connectivity index (χ2n) is 5.33. The fourth-order valence-corrected chi connectivity index (χ4v) is 4.61. The highest BCUT2D eigenvalue weighted by atomic mass is 32.2. The number of nitrogens with one attached hydrogen (secondary N) is 1. The summed E-state index contributed by atoms with van der Waals surface area (Å²) >= 11 is 3.27. The Bertz CT molecular complexity index is 498. The fourth-order valence-electron chi connectivity index (χ4n) is 2.30. The lowest BCUT2D eigenvalue weighted by Crippen LogP contribution is -2.43. The first-order valence-electron chi connectivity index (χ1n) is 6.70. The molecule has 2 unspecified atom stereocenters. The average molecular weight is 313 g/mol. The number of fused-ring (bicyclic) bond motifs is 1. The van der Waals surface area contributed by atoms with Gasteiger partial charge in [0.25, 0.3) is 0 Å². The minimum atomic E-state index is -0.960. The Kier molecular flexibility index (Phi) is 5.10. The van der Waals surface area contributed by atoms with E-state index < -0.39 is 12.0 Å². The molecule has 1 aliphatic heterocycles. The number of amides is 1. The van der Waals surface area contributed by atoms with Crippen molar-refractivity contribution in [2.24, 2.45) is 5.92 Å². The lowest BCUT2D eigenvalue weighted by Gasteiger charge is -2.24. The van der Waals surface area contributed by atoms with Crippen molar-refractivity contribution in [2.75, 3.05) is 5.75 Å². The van der Waals surface area contributed by atoms with E-state index >= 15 is 0 Å². The van der Waals surface area contributed by atoms with Crippen molar-refractivity contribution in [3.05, 3.63) is 21.9 Å². The van der Waals surface area contributed by atoms with Gasteiger partial charge in [-0.3, -0.25) is 4.79 Å². The predicted molar refractivity (Wildman–Crippen MR) is 82.2 cm³/mol. The third kappa shape index (κ3) is 3.55. The Morgan fingerprint density at radius 2 is 2.25 bits per heavy atom. The zero-order chi connectivity index (χ0) is 14.7. The summed E-state index contributed by atoms with van der Waals surface area (Å²) < 4.78 is 0. The molecule has 6 heteroatoms. The summed E-state index contributed by atoms with van der Waals surface area (Å²) in [7, 11) is 0. The lowest BCUT2D eigenvalue weighted by molar-refractivity contribution is -0.142. The summed E-state index contributed by atoms with van der Waals surface area (Å²) in [5, 5.41) is 13.6. The van der Waals surface area contributed by atoms with Gasteiger partial charge in [0.15, 0.2) is 0 Å². The highest BCUT2D eigenvalue weighted by Gasteiger charge is 2.31. The van der Waals surface area contributed by atoms with Crippen molar-refractivity contribution in [1.29, 1.82) is 0 Å². The number of thioether (sulfide) groups is 1. The minimum absolute atomic E-state index is 0.178. The molecule has 1 aromatic rings. The molecule has 1 amide bonds. The van der Waals surface area contributed by atoms with Crippen LogP contribution in [0, 0.1) is 5.92 Å². The maximum atomic E-state index is 12.4. The Morgan fingerprint density at radius 1 is 1.50 bits per heavy atom. The molecule has 110 valence electrons. The SMILES string of the molecule is CC(C)CC(NC(=O)C1SCCc2sccc21)C(=O)O. The highest BCUT2D eigenvalue weighted by Crippen LogP contribution is 2.39. The van der Waals surface area contributed by atoms with Gasteiger partial charge in [-0.05, 0) is 41.5 Å². The summed E-state index contributed by atoms with van der Waals surface area (Å²) in [6.45, 7) is 3.91. The van der Waals surface area contributed by atoms with Gasteiger partial charge in [-0.25, -0.2) is 4.79 Å². The molecule has 0 bridgehead atoms. The third-order valence-electron chi connectivity index (χ3n) is 3.24. The van der Waals surface area contributed by atoms with Gasteiger partial charge in [0, 0.05) is 4.88 Å². The van der Waals surface area contributed by atoms with Crippen molar-refractivity contribution in [1.82, 2.24) is 5.32 Å². The number of aryl methyl sites for hydroxylation is 1. The first-order valence-corrected chi connectivity index (χ1v) is 8.63. The van der Waals surface area contributed by atoms with E-state index in [9.17, 15) is 14.7 Å². The lowest BCUT2D eigenvalue weighted by atomic mass is 10.0. The van der Waals surface area contributed by atoms with Gasteiger partial charge in [-0.1, -0.05) is 13.8 Å². The molecule has 0 spiro atoms. The zero-order valence-electron chi connectivity index (χ0n) is 11.6. The number of hydrogen-bond acceptors (Lipinski definition) is 4. The van der Waals surface area contributed by atoms with E-state index in [0.29, 0.717) is 6.42 Å². The first kappa shape index (κ1) is 15.4. The molecule has 2 atom stereocenters. The smallest absolute Gasteiger partial charge is 0.326 e. The van der Waals surface area contributed by atoms with E-state index in [4.69, 9.17) is 0 Å². The number of rotatable bonds is 5. The van der Waals surface area contributed by atoms with Crippen LogP contribution in [0.3, 0.4) is 0 Å². The van der Waals surface area contributed by atoms with Crippen LogP contribution in [0.5, 0.6) is 0 Å². The molecule has 2 heterocycles. The quantitative estimate of drug-likeness (QED) is 0.877. The minimum Gasteiger partial charge on any atom is -0.480 e. The molecule has 1 aromatic heterocycles. The van der Waals surface area contributed by atoms with Gasteiger partial charge in [0.05, 0.1) is 0 Å². The fraction of sp³-hybridized carbons (Fsp3) is 0.571. The van der Waals surface area contributed by atoms with E-state index in [-0.39, 0.29) is 17.1 Å². The molecule has 4 nitrogen and oxygen atoms in total. The molecule has 0 aliphatic carbocycles. The molecular weight excluding hydrogens is 294 g/mol. The van der Waals surface area contributed by atoms with Crippen LogP contribution in [0.2, 0.25) is 0 Å². The summed E-state index contributed by atoms with van der Waals surface area (Å²) in [5.41, 5.74) is 1.05. The molecule has 0 saturated heterocycles. The van der Waals surface area contributed by atoms with E-state index in [1.54, 1.807) is 23.1 Å². The second kappa shape index (κ2) is 6.63. The van der Waals surface area contributed by atoms with Crippen molar-refractivity contribution in [2.45, 2.75) is 38.0 Å². The Hall–Kier alpha value is -1.01. The maximum absolute atomic E-state index is 12.4. The van der Waals surface area contributed by atoms with Crippen LogP contribution >= 0.6 is 23.1 Å². The summed E-state index contributed by atoms with van der Waals surface area (Å²) in [4.78, 5) is 24.8. The summed E-state index contributed by atoms with van der Waals surface area (Å²) in [6.07, 6.45) is 1.45. The standard InChI is InChI=1S/C14H19NO3S2/c1-8(2)7-10(14(17)18)15-13(16)12-9-3-5-19-11(9)4-6-20-12/h3,5,8,10,12H,4,6-7H2,1-2H3,(H,15,16)(H,17,18). The normalized spacial score (nSPS) is 19.4. The van der Waals surface area contributed by atoms with E-state index in [2.05, 4.69) is 5.32 Å². The number of hydrogen-bond donors (Lipinski definition) is 2. The highest BCUT2D eigenvalue weighted by molar-refractivity contribution is 8.00. The van der Waals surface area contributed by atoms with Crippen LogP contribution in [0.1, 0.15) is 36.0 Å². The zero-order valence-corrected chi connectivity index (χ0v) is 13.2. The van der Waals surface area contributed by atoms with E-state index in [1.165, 1.54) is 4.88 Å². The van der Waals surface area contributed by atoms with Gasteiger partial charge in [0.2, 0.25) is 5.91 Å². The first-order chi connectivity index (χ1) is 9.49. The number of carbonyl (C=O) groups is 2. The number of carbonyl (C=O) groups excluding carboxylic acids is 1. The van der Waals surface area contributed by atoms with Crippen LogP contribution in [0.4, 0.5) is 0 Å². The van der Waals surface area contributed by atoms with Gasteiger partial charge in [-0.2, -0.15) is 0 Å². The molecule has 0 radical (unpaired) electrons. The molecule has 1 aliphatic rings. The molecular formula is C14H19NO3S2. The van der Waals surface area contributed by atoms with Crippen LogP contribution < -0.4 is 5.32 Å². The average Bonchev–Trinajstić information content (AvgIpc) is 2.84. The Balaban J connectivity index is 2.07. The molecule has 2 rings (SSSR count). The maximum Gasteiger partial charge on any atom is 0.326 e. The van der Waals surface area contributed by atoms with Crippen molar-refractivity contribution in [3.8, 4) is 0 Å². The van der Waals surface area contributed by atoms with Crippen LogP contribution in [-0.4, -0.2) is 28.8 Å². The molecule has 0 saturated carbocycles. The van der Waals surface area contributed by atoms with Crippen molar-refractivity contribution in [3.63, 3.8) is 0 Å². The molecule has 2 N–H and O–H groups in total. The van der Waals surface area contributed by atoms with Gasteiger partial charge in [-0.15, -0.1) is 23.1 Å². The van der Waals surface area contributed by atoms with Crippen molar-refractivity contribution < 1.29 is 14.7 Å². The van der Waals surface area contributed by atoms with E-state index in [0.717, 1.165) is 17.7 Å². The Labute approximate surface area is 127 Å². The number of carboxylic acids is 1. The van der Waals surface area contributed by atoms with Crippen LogP contribution in [-0.2, 0) is 16.0 Å². The topological polar surface area (TPSA) is 66.4 Å². The summed E-state index contributed by atoms with van der Waals surface area (Å²) in [6, 6.07) is 1.18.